The van der Waals surface area contributed by atoms with Crippen LogP contribution in [-0.2, 0) is 4.79 Å². The van der Waals surface area contributed by atoms with Crippen molar-refractivity contribution in [3.05, 3.63) is 0 Å². The van der Waals surface area contributed by atoms with Crippen LogP contribution in [-0.4, -0.2) is 75.1 Å². The number of halogens is 3. The van der Waals surface area contributed by atoms with Gasteiger partial charge in [0.05, 0.1) is 12.0 Å². The van der Waals surface area contributed by atoms with Crippen LogP contribution in [0.3, 0.4) is 0 Å². The average Bonchev–Trinajstić information content (AvgIpc) is 2.79. The summed E-state index contributed by atoms with van der Waals surface area (Å²) >= 11 is 1.22. The maximum atomic E-state index is 12.5. The molecule has 2 unspecified atom stereocenters. The molecule has 21 heavy (non-hydrogen) atoms. The first-order valence-electron chi connectivity index (χ1n) is 6.30. The number of nitrogens with zero attached hydrogens (tertiary/aromatic N) is 2. The number of thioether (sulfide) groups is 1. The highest BCUT2D eigenvalue weighted by Gasteiger charge is 2.44. The zero-order chi connectivity index (χ0) is 16.2. The molecule has 6 nitrogen and oxygen atoms in total. The minimum atomic E-state index is -4.61. The first kappa shape index (κ1) is 17.9. The van der Waals surface area contributed by atoms with Crippen molar-refractivity contribution in [2.75, 3.05) is 25.4 Å². The molecule has 0 aromatic rings. The van der Waals surface area contributed by atoms with Gasteiger partial charge in [-0.1, -0.05) is 6.92 Å². The van der Waals surface area contributed by atoms with Gasteiger partial charge < -0.3 is 15.1 Å². The molecule has 1 aliphatic heterocycles. The molecule has 1 fully saturated rings. The maximum absolute atomic E-state index is 12.5. The van der Waals surface area contributed by atoms with Gasteiger partial charge in [-0.3, -0.25) is 4.90 Å². The van der Waals surface area contributed by atoms with Crippen molar-refractivity contribution in [2.45, 2.75) is 30.9 Å². The fourth-order valence-corrected chi connectivity index (χ4v) is 3.41. The number of aliphatic hydroxyl groups excluding tert-OH is 1. The van der Waals surface area contributed by atoms with Crippen molar-refractivity contribution in [1.29, 1.82) is 0 Å². The largest absolute Gasteiger partial charge is 0.480 e. The molecule has 0 radical (unpaired) electrons. The monoisotopic (exact) mass is 330 g/mol. The Bertz CT molecular complexity index is 394. The van der Waals surface area contributed by atoms with E-state index < -0.39 is 49.3 Å². The highest BCUT2D eigenvalue weighted by atomic mass is 32.2. The van der Waals surface area contributed by atoms with Crippen molar-refractivity contribution >= 4 is 23.8 Å². The number of carboxylic acids is 1. The van der Waals surface area contributed by atoms with Crippen LogP contribution in [0.25, 0.3) is 0 Å². The average molecular weight is 330 g/mol. The zero-order valence-electron chi connectivity index (χ0n) is 11.3. The lowest BCUT2D eigenvalue weighted by Crippen LogP contribution is -2.54. The topological polar surface area (TPSA) is 81.1 Å². The van der Waals surface area contributed by atoms with Crippen LogP contribution in [0.4, 0.5) is 18.0 Å². The number of hydrogen-bond donors (Lipinski definition) is 2. The summed E-state index contributed by atoms with van der Waals surface area (Å²) in [5.74, 6) is -1.11. The fourth-order valence-electron chi connectivity index (χ4n) is 2.07. The molecule has 1 saturated heterocycles. The summed E-state index contributed by atoms with van der Waals surface area (Å²) in [5.41, 5.74) is 0. The summed E-state index contributed by atoms with van der Waals surface area (Å²) in [6.45, 7) is -0.918. The number of carbonyl (C=O) groups is 2. The Morgan fingerprint density at radius 1 is 1.43 bits per heavy atom. The SMILES string of the molecule is CCC1SCC(C(=O)O)N1C(=O)N(CCO)CC(F)(F)F. The van der Waals surface area contributed by atoms with E-state index in [1.165, 1.54) is 11.8 Å². The number of amides is 2. The summed E-state index contributed by atoms with van der Waals surface area (Å²) < 4.78 is 37.5. The normalized spacial score (nSPS) is 22.4. The molecule has 1 rings (SSSR count). The van der Waals surface area contributed by atoms with E-state index in [4.69, 9.17) is 10.2 Å². The Morgan fingerprint density at radius 3 is 2.48 bits per heavy atom. The molecule has 0 aromatic carbocycles. The van der Waals surface area contributed by atoms with Gasteiger partial charge in [0.1, 0.15) is 12.6 Å². The lowest BCUT2D eigenvalue weighted by atomic mass is 10.2. The first-order valence-corrected chi connectivity index (χ1v) is 7.35. The van der Waals surface area contributed by atoms with E-state index in [9.17, 15) is 22.8 Å². The van der Waals surface area contributed by atoms with Gasteiger partial charge in [0.2, 0.25) is 0 Å². The van der Waals surface area contributed by atoms with Gasteiger partial charge in [0.15, 0.2) is 0 Å². The Hall–Kier alpha value is -1.16. The second kappa shape index (κ2) is 7.21. The molecule has 0 aliphatic carbocycles. The minimum absolute atomic E-state index is 0.137. The van der Waals surface area contributed by atoms with Crippen molar-refractivity contribution in [1.82, 2.24) is 9.80 Å². The summed E-state index contributed by atoms with van der Waals surface area (Å²) in [5, 5.41) is 17.4. The van der Waals surface area contributed by atoms with E-state index in [1.807, 2.05) is 0 Å². The van der Waals surface area contributed by atoms with Crippen LogP contribution in [0, 0.1) is 0 Å². The molecule has 2 N–H and O–H groups in total. The summed E-state index contributed by atoms with van der Waals surface area (Å²) in [6.07, 6.45) is -4.18. The van der Waals surface area contributed by atoms with Gasteiger partial charge in [-0.05, 0) is 6.42 Å². The van der Waals surface area contributed by atoms with Crippen molar-refractivity contribution in [3.8, 4) is 0 Å². The molecular weight excluding hydrogens is 313 g/mol. The predicted octanol–water partition coefficient (Wildman–Crippen LogP) is 1.20. The van der Waals surface area contributed by atoms with Crippen LogP contribution in [0.5, 0.6) is 0 Å². The molecule has 1 heterocycles. The van der Waals surface area contributed by atoms with E-state index >= 15 is 0 Å². The van der Waals surface area contributed by atoms with Gasteiger partial charge in [0, 0.05) is 12.3 Å². The lowest BCUT2D eigenvalue weighted by Gasteiger charge is -2.33. The Kier molecular flexibility index (Phi) is 6.14. The quantitative estimate of drug-likeness (QED) is 0.792. The second-order valence-electron chi connectivity index (χ2n) is 4.50. The van der Waals surface area contributed by atoms with Crippen LogP contribution >= 0.6 is 11.8 Å². The van der Waals surface area contributed by atoms with E-state index in [-0.39, 0.29) is 5.75 Å². The van der Waals surface area contributed by atoms with Gasteiger partial charge in [-0.25, -0.2) is 9.59 Å². The Balaban J connectivity index is 2.95. The van der Waals surface area contributed by atoms with Gasteiger partial charge in [-0.2, -0.15) is 13.2 Å². The summed E-state index contributed by atoms with van der Waals surface area (Å²) in [6, 6.07) is -2.16. The van der Waals surface area contributed by atoms with Crippen molar-refractivity contribution in [3.63, 3.8) is 0 Å². The summed E-state index contributed by atoms with van der Waals surface area (Å²) in [7, 11) is 0. The predicted molar refractivity (Wildman–Crippen MR) is 69.9 cm³/mol. The van der Waals surface area contributed by atoms with Gasteiger partial charge in [0.25, 0.3) is 0 Å². The zero-order valence-corrected chi connectivity index (χ0v) is 12.2. The van der Waals surface area contributed by atoms with Crippen molar-refractivity contribution < 1.29 is 33.0 Å². The molecule has 2 atom stereocenters. The number of alkyl halides is 3. The number of urea groups is 1. The molecule has 1 aliphatic rings. The smallest absolute Gasteiger partial charge is 0.406 e. The number of hydrogen-bond acceptors (Lipinski definition) is 4. The number of carbonyl (C=O) groups excluding carboxylic acids is 1. The van der Waals surface area contributed by atoms with E-state index in [0.717, 1.165) is 4.90 Å². The van der Waals surface area contributed by atoms with Crippen LogP contribution < -0.4 is 0 Å². The van der Waals surface area contributed by atoms with Crippen LogP contribution in [0.2, 0.25) is 0 Å². The summed E-state index contributed by atoms with van der Waals surface area (Å²) in [4.78, 5) is 24.8. The first-order chi connectivity index (χ1) is 9.71. The Morgan fingerprint density at radius 2 is 2.05 bits per heavy atom. The minimum Gasteiger partial charge on any atom is -0.480 e. The number of aliphatic carboxylic acids is 1. The molecule has 0 bridgehead atoms. The number of carboxylic acid groups (broad SMARTS) is 1. The maximum Gasteiger partial charge on any atom is 0.406 e. The van der Waals surface area contributed by atoms with E-state index in [2.05, 4.69) is 0 Å². The molecule has 10 heteroatoms. The molecule has 0 aromatic heterocycles. The molecular formula is C11H17F3N2O4S. The second-order valence-corrected chi connectivity index (χ2v) is 5.71. The lowest BCUT2D eigenvalue weighted by molar-refractivity contribution is -0.144. The molecule has 0 spiro atoms. The van der Waals surface area contributed by atoms with E-state index in [0.29, 0.717) is 11.3 Å². The highest BCUT2D eigenvalue weighted by Crippen LogP contribution is 2.32. The van der Waals surface area contributed by atoms with Gasteiger partial charge in [-0.15, -0.1) is 11.8 Å². The third kappa shape index (κ3) is 4.67. The van der Waals surface area contributed by atoms with Crippen LogP contribution in [0.1, 0.15) is 13.3 Å². The fraction of sp³-hybridized carbons (Fsp3) is 0.818. The third-order valence-electron chi connectivity index (χ3n) is 2.96. The Labute approximate surface area is 123 Å². The molecule has 0 saturated carbocycles. The van der Waals surface area contributed by atoms with Crippen LogP contribution in [0.15, 0.2) is 0 Å². The van der Waals surface area contributed by atoms with E-state index in [1.54, 1.807) is 6.92 Å². The van der Waals surface area contributed by atoms with Crippen molar-refractivity contribution in [2.24, 2.45) is 0 Å². The molecule has 2 amide bonds. The highest BCUT2D eigenvalue weighted by molar-refractivity contribution is 8.00. The number of aliphatic hydroxyl groups is 1. The number of rotatable bonds is 5. The molecule has 122 valence electrons. The third-order valence-corrected chi connectivity index (χ3v) is 4.41. The standard InChI is InChI=1S/C11H17F3N2O4S/c1-2-8-16(7(5-21-8)9(18)19)10(20)15(3-4-17)6-11(12,13)14/h7-8,17H,2-6H2,1H3,(H,18,19). The van der Waals surface area contributed by atoms with Gasteiger partial charge >= 0.3 is 18.2 Å².